The van der Waals surface area contributed by atoms with Crippen LogP contribution in [-0.2, 0) is 4.74 Å². The predicted octanol–water partition coefficient (Wildman–Crippen LogP) is 3.44. The SMILES string of the molecule is CCCCOCCNCC(Cl)CC(C)(C)C. The summed E-state index contributed by atoms with van der Waals surface area (Å²) in [5.41, 5.74) is 0.311. The molecule has 0 rings (SSSR count). The third kappa shape index (κ3) is 12.3. The van der Waals surface area contributed by atoms with Gasteiger partial charge in [-0.2, -0.15) is 0 Å². The molecule has 0 aliphatic heterocycles. The van der Waals surface area contributed by atoms with Gasteiger partial charge in [-0.25, -0.2) is 0 Å². The standard InChI is InChI=1S/C13H28ClNO/c1-5-6-8-16-9-7-15-11-12(14)10-13(2,3)4/h12,15H,5-11H2,1-4H3. The molecule has 98 valence electrons. The fourth-order valence-corrected chi connectivity index (χ4v) is 2.06. The molecule has 0 radical (unpaired) electrons. The molecule has 0 saturated carbocycles. The predicted molar refractivity (Wildman–Crippen MR) is 72.3 cm³/mol. The van der Waals surface area contributed by atoms with Crippen LogP contribution in [0.5, 0.6) is 0 Å². The molecule has 0 fully saturated rings. The number of hydrogen-bond acceptors (Lipinski definition) is 2. The first-order valence-electron chi connectivity index (χ1n) is 6.38. The summed E-state index contributed by atoms with van der Waals surface area (Å²) in [6.45, 7) is 12.3. The van der Waals surface area contributed by atoms with Crippen molar-refractivity contribution in [1.82, 2.24) is 5.32 Å². The minimum atomic E-state index is 0.218. The molecule has 0 saturated heterocycles. The number of alkyl halides is 1. The minimum absolute atomic E-state index is 0.218. The van der Waals surface area contributed by atoms with Crippen molar-refractivity contribution in [2.24, 2.45) is 5.41 Å². The molecule has 1 atom stereocenters. The summed E-state index contributed by atoms with van der Waals surface area (Å²) in [5.74, 6) is 0. The molecule has 0 bridgehead atoms. The quantitative estimate of drug-likeness (QED) is 0.499. The lowest BCUT2D eigenvalue weighted by Crippen LogP contribution is -2.29. The Bertz CT molecular complexity index is 157. The summed E-state index contributed by atoms with van der Waals surface area (Å²) in [4.78, 5) is 0. The lowest BCUT2D eigenvalue weighted by molar-refractivity contribution is 0.133. The first-order valence-corrected chi connectivity index (χ1v) is 6.82. The van der Waals surface area contributed by atoms with Crippen LogP contribution >= 0.6 is 11.6 Å². The Morgan fingerprint density at radius 2 is 1.94 bits per heavy atom. The van der Waals surface area contributed by atoms with Gasteiger partial charge in [-0.15, -0.1) is 11.6 Å². The monoisotopic (exact) mass is 249 g/mol. The number of nitrogens with one attached hydrogen (secondary N) is 1. The molecule has 1 unspecified atom stereocenters. The smallest absolute Gasteiger partial charge is 0.0590 e. The second-order valence-electron chi connectivity index (χ2n) is 5.53. The molecule has 3 heteroatoms. The van der Waals surface area contributed by atoms with Crippen LogP contribution in [0.2, 0.25) is 0 Å². The molecule has 1 N–H and O–H groups in total. The average molecular weight is 250 g/mol. The van der Waals surface area contributed by atoms with Crippen LogP contribution in [0.1, 0.15) is 47.0 Å². The highest BCUT2D eigenvalue weighted by atomic mass is 35.5. The molecule has 0 aromatic carbocycles. The van der Waals surface area contributed by atoms with Gasteiger partial charge >= 0.3 is 0 Å². The lowest BCUT2D eigenvalue weighted by Gasteiger charge is -2.22. The highest BCUT2D eigenvalue weighted by Gasteiger charge is 2.16. The van der Waals surface area contributed by atoms with Crippen molar-refractivity contribution in [2.75, 3.05) is 26.3 Å². The van der Waals surface area contributed by atoms with Gasteiger partial charge in [0.05, 0.1) is 6.61 Å². The van der Waals surface area contributed by atoms with Gasteiger partial charge in [-0.1, -0.05) is 34.1 Å². The van der Waals surface area contributed by atoms with Crippen LogP contribution < -0.4 is 5.32 Å². The van der Waals surface area contributed by atoms with Crippen molar-refractivity contribution < 1.29 is 4.74 Å². The fourth-order valence-electron chi connectivity index (χ4n) is 1.49. The number of halogens is 1. The second-order valence-corrected chi connectivity index (χ2v) is 6.15. The Morgan fingerprint density at radius 3 is 2.50 bits per heavy atom. The summed E-state index contributed by atoms with van der Waals surface area (Å²) in [6.07, 6.45) is 3.39. The average Bonchev–Trinajstić information content (AvgIpc) is 2.13. The van der Waals surface area contributed by atoms with E-state index in [0.717, 1.165) is 39.1 Å². The highest BCUT2D eigenvalue weighted by Crippen LogP contribution is 2.22. The zero-order chi connectivity index (χ0) is 12.4. The lowest BCUT2D eigenvalue weighted by atomic mass is 9.90. The van der Waals surface area contributed by atoms with Crippen LogP contribution in [0, 0.1) is 5.41 Å². The molecule has 0 amide bonds. The van der Waals surface area contributed by atoms with Gasteiger partial charge in [-0.05, 0) is 18.3 Å². The normalized spacial score (nSPS) is 14.1. The molecule has 0 aliphatic rings. The van der Waals surface area contributed by atoms with E-state index >= 15 is 0 Å². The summed E-state index contributed by atoms with van der Waals surface area (Å²) >= 11 is 6.22. The summed E-state index contributed by atoms with van der Waals surface area (Å²) in [7, 11) is 0. The van der Waals surface area contributed by atoms with Crippen LogP contribution in [0.3, 0.4) is 0 Å². The molecule has 0 aliphatic carbocycles. The number of ether oxygens (including phenoxy) is 1. The zero-order valence-electron chi connectivity index (χ0n) is 11.3. The molecule has 0 aromatic rings. The van der Waals surface area contributed by atoms with Gasteiger partial charge in [0.25, 0.3) is 0 Å². The maximum absolute atomic E-state index is 6.22. The van der Waals surface area contributed by atoms with Crippen LogP contribution in [-0.4, -0.2) is 31.7 Å². The van der Waals surface area contributed by atoms with E-state index < -0.39 is 0 Å². The van der Waals surface area contributed by atoms with Gasteiger partial charge in [0.1, 0.15) is 0 Å². The van der Waals surface area contributed by atoms with Crippen LogP contribution in [0.15, 0.2) is 0 Å². The van der Waals surface area contributed by atoms with E-state index in [4.69, 9.17) is 16.3 Å². The summed E-state index contributed by atoms with van der Waals surface area (Å²) in [5, 5.41) is 3.55. The van der Waals surface area contributed by atoms with E-state index in [1.54, 1.807) is 0 Å². The third-order valence-electron chi connectivity index (χ3n) is 2.27. The number of unbranched alkanes of at least 4 members (excludes halogenated alkanes) is 1. The van der Waals surface area contributed by atoms with E-state index in [1.807, 2.05) is 0 Å². The summed E-state index contributed by atoms with van der Waals surface area (Å²) in [6, 6.07) is 0. The van der Waals surface area contributed by atoms with E-state index in [1.165, 1.54) is 6.42 Å². The zero-order valence-corrected chi connectivity index (χ0v) is 12.1. The molecule has 0 heterocycles. The van der Waals surface area contributed by atoms with E-state index in [0.29, 0.717) is 5.41 Å². The van der Waals surface area contributed by atoms with Gasteiger partial charge in [0.2, 0.25) is 0 Å². The Kier molecular flexibility index (Phi) is 9.38. The number of rotatable bonds is 9. The largest absolute Gasteiger partial charge is 0.380 e. The van der Waals surface area contributed by atoms with Crippen molar-refractivity contribution in [3.05, 3.63) is 0 Å². The summed E-state index contributed by atoms with van der Waals surface area (Å²) < 4.78 is 5.45. The van der Waals surface area contributed by atoms with Gasteiger partial charge in [-0.3, -0.25) is 0 Å². The van der Waals surface area contributed by atoms with E-state index in [-0.39, 0.29) is 5.38 Å². The second kappa shape index (κ2) is 9.26. The van der Waals surface area contributed by atoms with Crippen LogP contribution in [0.25, 0.3) is 0 Å². The van der Waals surface area contributed by atoms with Crippen molar-refractivity contribution >= 4 is 11.6 Å². The topological polar surface area (TPSA) is 21.3 Å². The third-order valence-corrected chi connectivity index (χ3v) is 2.57. The Morgan fingerprint density at radius 1 is 1.25 bits per heavy atom. The van der Waals surface area contributed by atoms with E-state index in [9.17, 15) is 0 Å². The van der Waals surface area contributed by atoms with Crippen molar-refractivity contribution in [1.29, 1.82) is 0 Å². The molecule has 0 aromatic heterocycles. The minimum Gasteiger partial charge on any atom is -0.380 e. The maximum Gasteiger partial charge on any atom is 0.0590 e. The Balaban J connectivity index is 3.25. The van der Waals surface area contributed by atoms with Crippen LogP contribution in [0.4, 0.5) is 0 Å². The Hall–Kier alpha value is 0.210. The van der Waals surface area contributed by atoms with Crippen molar-refractivity contribution in [2.45, 2.75) is 52.3 Å². The van der Waals surface area contributed by atoms with Gasteiger partial charge in [0, 0.05) is 25.1 Å². The van der Waals surface area contributed by atoms with Crippen molar-refractivity contribution in [3.8, 4) is 0 Å². The highest BCUT2D eigenvalue weighted by molar-refractivity contribution is 6.20. The molecular weight excluding hydrogens is 222 g/mol. The number of hydrogen-bond donors (Lipinski definition) is 1. The van der Waals surface area contributed by atoms with E-state index in [2.05, 4.69) is 33.0 Å². The van der Waals surface area contributed by atoms with Gasteiger partial charge < -0.3 is 10.1 Å². The fraction of sp³-hybridized carbons (Fsp3) is 1.00. The molecule has 16 heavy (non-hydrogen) atoms. The first kappa shape index (κ1) is 16.2. The first-order chi connectivity index (χ1) is 7.45. The van der Waals surface area contributed by atoms with Gasteiger partial charge in [0.15, 0.2) is 0 Å². The molecular formula is C13H28ClNO. The van der Waals surface area contributed by atoms with Crippen molar-refractivity contribution in [3.63, 3.8) is 0 Å². The molecule has 0 spiro atoms. The Labute approximate surface area is 106 Å². The maximum atomic E-state index is 6.22. The molecule has 2 nitrogen and oxygen atoms in total.